The minimum absolute atomic E-state index is 0.0642. The van der Waals surface area contributed by atoms with Crippen molar-refractivity contribution in [2.45, 2.75) is 39.2 Å². The zero-order valence-corrected chi connectivity index (χ0v) is 12.0. The summed E-state index contributed by atoms with van der Waals surface area (Å²) >= 11 is 0. The van der Waals surface area contributed by atoms with Crippen molar-refractivity contribution in [3.63, 3.8) is 0 Å². The molecule has 0 aromatic heterocycles. The molecule has 2 N–H and O–H groups in total. The van der Waals surface area contributed by atoms with Gasteiger partial charge in [-0.15, -0.1) is 0 Å². The highest BCUT2D eigenvalue weighted by atomic mass is 19.1. The summed E-state index contributed by atoms with van der Waals surface area (Å²) in [5, 5.41) is 0. The van der Waals surface area contributed by atoms with Gasteiger partial charge in [-0.2, -0.15) is 0 Å². The van der Waals surface area contributed by atoms with Crippen LogP contribution in [0.15, 0.2) is 24.3 Å². The predicted octanol–water partition coefficient (Wildman–Crippen LogP) is 3.34. The Balaban J connectivity index is 1.80. The van der Waals surface area contributed by atoms with Crippen molar-refractivity contribution in [3.05, 3.63) is 35.6 Å². The van der Waals surface area contributed by atoms with E-state index in [0.29, 0.717) is 5.41 Å². The molecule has 2 nitrogen and oxygen atoms in total. The number of nitrogens with two attached hydrogens (primary N) is 1. The van der Waals surface area contributed by atoms with Gasteiger partial charge in [-0.25, -0.2) is 4.39 Å². The first-order valence-corrected chi connectivity index (χ1v) is 7.20. The molecule has 1 aromatic carbocycles. The van der Waals surface area contributed by atoms with Crippen molar-refractivity contribution in [1.82, 2.24) is 4.90 Å². The van der Waals surface area contributed by atoms with E-state index in [2.05, 4.69) is 18.7 Å². The molecule has 0 saturated carbocycles. The smallest absolute Gasteiger partial charge is 0.123 e. The maximum atomic E-state index is 13.1. The van der Waals surface area contributed by atoms with Gasteiger partial charge in [0.15, 0.2) is 0 Å². The van der Waals surface area contributed by atoms with Crippen LogP contribution in [0.5, 0.6) is 0 Å². The first-order valence-electron chi connectivity index (χ1n) is 7.20. The molecular formula is C16H25FN2. The van der Waals surface area contributed by atoms with Crippen LogP contribution < -0.4 is 5.73 Å². The first-order chi connectivity index (χ1) is 8.96. The summed E-state index contributed by atoms with van der Waals surface area (Å²) in [7, 11) is 0. The standard InChI is InChI=1S/C16H25FN2/c1-16(2)7-10-19(11-8-16)9-6-15(18)13-4-3-5-14(17)12-13/h3-5,12,15H,6-11,18H2,1-2H3. The van der Waals surface area contributed by atoms with Crippen LogP contribution >= 0.6 is 0 Å². The number of hydrogen-bond donors (Lipinski definition) is 1. The molecule has 0 amide bonds. The third-order valence-corrected chi connectivity index (χ3v) is 4.24. The Hall–Kier alpha value is -0.930. The Kier molecular flexibility index (Phi) is 4.58. The van der Waals surface area contributed by atoms with E-state index >= 15 is 0 Å². The molecule has 0 aliphatic carbocycles. The van der Waals surface area contributed by atoms with E-state index in [1.807, 2.05) is 6.07 Å². The van der Waals surface area contributed by atoms with Gasteiger partial charge < -0.3 is 10.6 Å². The second-order valence-corrected chi connectivity index (χ2v) is 6.46. The lowest BCUT2D eigenvalue weighted by Gasteiger charge is -2.37. The van der Waals surface area contributed by atoms with Crippen molar-refractivity contribution in [1.29, 1.82) is 0 Å². The van der Waals surface area contributed by atoms with Crippen molar-refractivity contribution < 1.29 is 4.39 Å². The summed E-state index contributed by atoms with van der Waals surface area (Å²) in [5.74, 6) is -0.201. The maximum Gasteiger partial charge on any atom is 0.123 e. The van der Waals surface area contributed by atoms with Gasteiger partial charge >= 0.3 is 0 Å². The number of halogens is 1. The zero-order chi connectivity index (χ0) is 13.9. The van der Waals surface area contributed by atoms with Gasteiger partial charge in [0.1, 0.15) is 5.82 Å². The molecule has 3 heteroatoms. The van der Waals surface area contributed by atoms with Gasteiger partial charge in [-0.3, -0.25) is 0 Å². The molecule has 0 bridgehead atoms. The fourth-order valence-electron chi connectivity index (χ4n) is 2.61. The number of benzene rings is 1. The van der Waals surface area contributed by atoms with Crippen LogP contribution in [-0.2, 0) is 0 Å². The topological polar surface area (TPSA) is 29.3 Å². The first kappa shape index (κ1) is 14.5. The van der Waals surface area contributed by atoms with Crippen LogP contribution in [0.25, 0.3) is 0 Å². The normalized spacial score (nSPS) is 21.3. The Labute approximate surface area is 115 Å². The van der Waals surface area contributed by atoms with E-state index in [0.717, 1.165) is 31.6 Å². The van der Waals surface area contributed by atoms with E-state index in [4.69, 9.17) is 5.73 Å². The van der Waals surface area contributed by atoms with Crippen LogP contribution in [-0.4, -0.2) is 24.5 Å². The molecule has 1 atom stereocenters. The van der Waals surface area contributed by atoms with E-state index in [-0.39, 0.29) is 11.9 Å². The van der Waals surface area contributed by atoms with Crippen LogP contribution in [0, 0.1) is 11.2 Å². The van der Waals surface area contributed by atoms with E-state index in [9.17, 15) is 4.39 Å². The van der Waals surface area contributed by atoms with Crippen molar-refractivity contribution in [2.75, 3.05) is 19.6 Å². The summed E-state index contributed by atoms with van der Waals surface area (Å²) < 4.78 is 13.1. The molecular weight excluding hydrogens is 239 g/mol. The number of likely N-dealkylation sites (tertiary alicyclic amines) is 1. The highest BCUT2D eigenvalue weighted by molar-refractivity contribution is 5.19. The van der Waals surface area contributed by atoms with E-state index in [1.54, 1.807) is 12.1 Å². The van der Waals surface area contributed by atoms with Crippen LogP contribution in [0.3, 0.4) is 0 Å². The fourth-order valence-corrected chi connectivity index (χ4v) is 2.61. The lowest BCUT2D eigenvalue weighted by Crippen LogP contribution is -2.38. The highest BCUT2D eigenvalue weighted by Crippen LogP contribution is 2.30. The maximum absolute atomic E-state index is 13.1. The Morgan fingerprint density at radius 3 is 2.63 bits per heavy atom. The molecule has 0 spiro atoms. The number of piperidine rings is 1. The molecule has 1 saturated heterocycles. The molecule has 0 radical (unpaired) electrons. The number of nitrogens with zero attached hydrogens (tertiary/aromatic N) is 1. The summed E-state index contributed by atoms with van der Waals surface area (Å²) in [6.45, 7) is 7.99. The van der Waals surface area contributed by atoms with Gasteiger partial charge in [0, 0.05) is 6.04 Å². The highest BCUT2D eigenvalue weighted by Gasteiger charge is 2.25. The molecule has 1 aromatic rings. The van der Waals surface area contributed by atoms with Crippen molar-refractivity contribution >= 4 is 0 Å². The van der Waals surface area contributed by atoms with Crippen molar-refractivity contribution in [2.24, 2.45) is 11.1 Å². The second kappa shape index (κ2) is 6.02. The zero-order valence-electron chi connectivity index (χ0n) is 12.0. The van der Waals surface area contributed by atoms with Crippen molar-refractivity contribution in [3.8, 4) is 0 Å². The average Bonchev–Trinajstić information content (AvgIpc) is 2.37. The third kappa shape index (κ3) is 4.29. The third-order valence-electron chi connectivity index (χ3n) is 4.24. The molecule has 2 rings (SSSR count). The quantitative estimate of drug-likeness (QED) is 0.903. The molecule has 1 aliphatic heterocycles. The lowest BCUT2D eigenvalue weighted by molar-refractivity contribution is 0.129. The minimum Gasteiger partial charge on any atom is -0.324 e. The molecule has 1 heterocycles. The molecule has 1 aliphatic rings. The largest absolute Gasteiger partial charge is 0.324 e. The second-order valence-electron chi connectivity index (χ2n) is 6.46. The summed E-state index contributed by atoms with van der Waals surface area (Å²) in [6.07, 6.45) is 3.40. The summed E-state index contributed by atoms with van der Waals surface area (Å²) in [4.78, 5) is 2.48. The van der Waals surface area contributed by atoms with Gasteiger partial charge in [0.2, 0.25) is 0 Å². The summed E-state index contributed by atoms with van der Waals surface area (Å²) in [5.41, 5.74) is 7.53. The Morgan fingerprint density at radius 1 is 1.32 bits per heavy atom. The van der Waals surface area contributed by atoms with Gasteiger partial charge in [-0.05, 0) is 62.0 Å². The Bertz CT molecular complexity index is 407. The number of rotatable bonds is 4. The van der Waals surface area contributed by atoms with Gasteiger partial charge in [0.05, 0.1) is 0 Å². The lowest BCUT2D eigenvalue weighted by atomic mass is 9.82. The van der Waals surface area contributed by atoms with Gasteiger partial charge in [0.25, 0.3) is 0 Å². The molecule has 1 unspecified atom stereocenters. The monoisotopic (exact) mass is 264 g/mol. The molecule has 1 fully saturated rings. The van der Waals surface area contributed by atoms with Crippen LogP contribution in [0.2, 0.25) is 0 Å². The van der Waals surface area contributed by atoms with Crippen LogP contribution in [0.4, 0.5) is 4.39 Å². The molecule has 19 heavy (non-hydrogen) atoms. The van der Waals surface area contributed by atoms with E-state index in [1.165, 1.54) is 18.9 Å². The van der Waals surface area contributed by atoms with Gasteiger partial charge in [-0.1, -0.05) is 26.0 Å². The van der Waals surface area contributed by atoms with E-state index < -0.39 is 0 Å². The average molecular weight is 264 g/mol. The molecule has 106 valence electrons. The van der Waals surface area contributed by atoms with Crippen LogP contribution in [0.1, 0.15) is 44.7 Å². The fraction of sp³-hybridized carbons (Fsp3) is 0.625. The minimum atomic E-state index is -0.201. The predicted molar refractivity (Wildman–Crippen MR) is 77.4 cm³/mol. The number of hydrogen-bond acceptors (Lipinski definition) is 2. The summed E-state index contributed by atoms with van der Waals surface area (Å²) in [6, 6.07) is 6.58. The Morgan fingerprint density at radius 2 is 2.00 bits per heavy atom. The SMILES string of the molecule is CC1(C)CCN(CCC(N)c2cccc(F)c2)CC1.